The van der Waals surface area contributed by atoms with Gasteiger partial charge in [-0.25, -0.2) is 13.8 Å². The third-order valence-corrected chi connectivity index (χ3v) is 6.04. The molecule has 0 atom stereocenters. The van der Waals surface area contributed by atoms with Gasteiger partial charge in [0.15, 0.2) is 0 Å². The Morgan fingerprint density at radius 2 is 1.82 bits per heavy atom. The summed E-state index contributed by atoms with van der Waals surface area (Å²) in [6.07, 6.45) is 3.23. The maximum absolute atomic E-state index is 13.8. The smallest absolute Gasteiger partial charge is 0.272 e. The van der Waals surface area contributed by atoms with Crippen molar-refractivity contribution >= 4 is 28.3 Å². The van der Waals surface area contributed by atoms with Crippen LogP contribution < -0.4 is 9.96 Å². The largest absolute Gasteiger partial charge is 0.626 e. The highest BCUT2D eigenvalue weighted by molar-refractivity contribution is 6.06. The number of quaternary nitrogens is 1. The number of aromatic nitrogens is 2. The van der Waals surface area contributed by atoms with E-state index in [1.165, 1.54) is 30.5 Å². The first kappa shape index (κ1) is 21.2. The van der Waals surface area contributed by atoms with Gasteiger partial charge in [0.1, 0.15) is 17.3 Å². The van der Waals surface area contributed by atoms with E-state index < -0.39 is 16.4 Å². The SMILES string of the molecule is O=C(Nc1ccc([N+]2([O-])CCCC2)nc1)c1cc2cc(F)ccc2n1Cc1cccc(F)c1. The lowest BCUT2D eigenvalue weighted by Crippen LogP contribution is -2.40. The molecule has 1 amide bonds. The average molecular weight is 448 g/mol. The highest BCUT2D eigenvalue weighted by Gasteiger charge is 2.27. The van der Waals surface area contributed by atoms with Crippen LogP contribution in [0.2, 0.25) is 0 Å². The van der Waals surface area contributed by atoms with E-state index in [2.05, 4.69) is 10.3 Å². The number of carbonyl (C=O) groups is 1. The third kappa shape index (κ3) is 4.22. The minimum Gasteiger partial charge on any atom is -0.626 e. The van der Waals surface area contributed by atoms with E-state index in [9.17, 15) is 18.8 Å². The van der Waals surface area contributed by atoms with Gasteiger partial charge in [-0.1, -0.05) is 12.1 Å². The molecule has 1 fully saturated rings. The molecular weight excluding hydrogens is 426 g/mol. The Bertz CT molecular complexity index is 1330. The number of nitrogens with one attached hydrogen (secondary N) is 1. The fourth-order valence-corrected chi connectivity index (χ4v) is 4.39. The normalized spacial score (nSPS) is 15.1. The predicted molar refractivity (Wildman–Crippen MR) is 124 cm³/mol. The molecule has 2 aromatic heterocycles. The fourth-order valence-electron chi connectivity index (χ4n) is 4.39. The first-order valence-electron chi connectivity index (χ1n) is 10.8. The Balaban J connectivity index is 1.45. The van der Waals surface area contributed by atoms with E-state index in [1.54, 1.807) is 41.0 Å². The van der Waals surface area contributed by atoms with Gasteiger partial charge in [0, 0.05) is 36.4 Å². The van der Waals surface area contributed by atoms with Crippen LogP contribution in [0.5, 0.6) is 0 Å². The summed E-state index contributed by atoms with van der Waals surface area (Å²) in [6, 6.07) is 15.3. The molecule has 6 nitrogen and oxygen atoms in total. The number of rotatable bonds is 5. The topological polar surface area (TPSA) is 70.0 Å². The molecular formula is C25H22F2N4O2. The van der Waals surface area contributed by atoms with Crippen LogP contribution in [0.15, 0.2) is 66.9 Å². The van der Waals surface area contributed by atoms with Gasteiger partial charge in [-0.05, 0) is 48.0 Å². The van der Waals surface area contributed by atoms with Crippen molar-refractivity contribution < 1.29 is 13.6 Å². The van der Waals surface area contributed by atoms with E-state index in [0.29, 0.717) is 46.8 Å². The average Bonchev–Trinajstić information content (AvgIpc) is 3.39. The number of nitrogens with zero attached hydrogens (tertiary/aromatic N) is 3. The lowest BCUT2D eigenvalue weighted by molar-refractivity contribution is 0.101. The molecule has 3 heterocycles. The Hall–Kier alpha value is -3.62. The first-order chi connectivity index (χ1) is 15.9. The zero-order valence-corrected chi connectivity index (χ0v) is 17.8. The van der Waals surface area contributed by atoms with Crippen LogP contribution >= 0.6 is 0 Å². The van der Waals surface area contributed by atoms with Gasteiger partial charge in [0.05, 0.1) is 25.0 Å². The van der Waals surface area contributed by atoms with Crippen molar-refractivity contribution in [2.45, 2.75) is 19.4 Å². The van der Waals surface area contributed by atoms with E-state index in [1.807, 2.05) is 0 Å². The van der Waals surface area contributed by atoms with Crippen molar-refractivity contribution in [2.24, 2.45) is 0 Å². The summed E-state index contributed by atoms with van der Waals surface area (Å²) in [6.45, 7) is 1.26. The number of amides is 1. The number of anilines is 1. The second kappa shape index (κ2) is 8.38. The number of halogens is 2. The van der Waals surface area contributed by atoms with Gasteiger partial charge in [-0.15, -0.1) is 0 Å². The van der Waals surface area contributed by atoms with Gasteiger partial charge < -0.3 is 19.7 Å². The molecule has 0 radical (unpaired) electrons. The van der Waals surface area contributed by atoms with Gasteiger partial charge in [-0.2, -0.15) is 0 Å². The number of carbonyl (C=O) groups excluding carboxylic acids is 1. The van der Waals surface area contributed by atoms with Crippen LogP contribution in [-0.2, 0) is 6.54 Å². The Morgan fingerprint density at radius 1 is 1.03 bits per heavy atom. The molecule has 0 spiro atoms. The van der Waals surface area contributed by atoms with E-state index in [4.69, 9.17) is 0 Å². The highest BCUT2D eigenvalue weighted by Crippen LogP contribution is 2.27. The summed E-state index contributed by atoms with van der Waals surface area (Å²) in [5.74, 6) is -0.760. The van der Waals surface area contributed by atoms with Crippen molar-refractivity contribution in [1.82, 2.24) is 14.2 Å². The van der Waals surface area contributed by atoms with Gasteiger partial charge in [0.25, 0.3) is 5.91 Å². The van der Waals surface area contributed by atoms with Crippen LogP contribution in [-0.4, -0.2) is 28.5 Å². The zero-order chi connectivity index (χ0) is 23.0. The van der Waals surface area contributed by atoms with Crippen molar-refractivity contribution in [3.05, 3.63) is 95.0 Å². The molecule has 1 aliphatic heterocycles. The van der Waals surface area contributed by atoms with Crippen molar-refractivity contribution in [3.8, 4) is 0 Å². The molecule has 168 valence electrons. The molecule has 1 N–H and O–H groups in total. The Labute approximate surface area is 189 Å². The van der Waals surface area contributed by atoms with Crippen molar-refractivity contribution in [2.75, 3.05) is 18.4 Å². The summed E-state index contributed by atoms with van der Waals surface area (Å²) in [4.78, 5) is 17.4. The summed E-state index contributed by atoms with van der Waals surface area (Å²) in [5.41, 5.74) is 2.08. The summed E-state index contributed by atoms with van der Waals surface area (Å²) >= 11 is 0. The van der Waals surface area contributed by atoms with Crippen LogP contribution in [0.1, 0.15) is 28.9 Å². The minimum absolute atomic E-state index is 0.239. The van der Waals surface area contributed by atoms with Crippen LogP contribution in [0.4, 0.5) is 20.3 Å². The predicted octanol–water partition coefficient (Wildman–Crippen LogP) is 5.21. The number of benzene rings is 2. The van der Waals surface area contributed by atoms with Gasteiger partial charge in [0.2, 0.25) is 5.82 Å². The number of hydrogen-bond donors (Lipinski definition) is 1. The molecule has 1 saturated heterocycles. The lowest BCUT2D eigenvalue weighted by atomic mass is 10.2. The Morgan fingerprint density at radius 3 is 2.55 bits per heavy atom. The molecule has 0 aliphatic carbocycles. The number of fused-ring (bicyclic) bond motifs is 1. The molecule has 2 aromatic carbocycles. The van der Waals surface area contributed by atoms with Crippen LogP contribution in [0.25, 0.3) is 10.9 Å². The minimum atomic E-state index is -0.443. The lowest BCUT2D eigenvalue weighted by Gasteiger charge is -2.36. The molecule has 4 aromatic rings. The van der Waals surface area contributed by atoms with Crippen molar-refractivity contribution in [1.29, 1.82) is 0 Å². The Kier molecular flexibility index (Phi) is 5.39. The summed E-state index contributed by atoms with van der Waals surface area (Å²) < 4.78 is 28.8. The van der Waals surface area contributed by atoms with E-state index >= 15 is 0 Å². The molecule has 33 heavy (non-hydrogen) atoms. The first-order valence-corrected chi connectivity index (χ1v) is 10.8. The van der Waals surface area contributed by atoms with Crippen LogP contribution in [0.3, 0.4) is 0 Å². The molecule has 1 aliphatic rings. The molecule has 0 bridgehead atoms. The number of hydroxylamine groups is 2. The fraction of sp³-hybridized carbons (Fsp3) is 0.200. The number of pyridine rings is 1. The molecule has 0 unspecified atom stereocenters. The van der Waals surface area contributed by atoms with Gasteiger partial charge >= 0.3 is 0 Å². The highest BCUT2D eigenvalue weighted by atomic mass is 19.1. The maximum atomic E-state index is 13.8. The summed E-state index contributed by atoms with van der Waals surface area (Å²) in [5, 5.41) is 16.1. The molecule has 8 heteroatoms. The second-order valence-corrected chi connectivity index (χ2v) is 8.35. The standard InChI is InChI=1S/C25H22F2N4O2/c26-19-5-3-4-17(12-19)16-30-22-8-6-20(27)13-18(22)14-23(30)25(32)29-21-7-9-24(28-15-21)31(33)10-1-2-11-31/h3-9,12-15H,1-2,10-11,16H2,(H,29,32). The van der Waals surface area contributed by atoms with E-state index in [0.717, 1.165) is 12.8 Å². The second-order valence-electron chi connectivity index (χ2n) is 8.35. The quantitative estimate of drug-likeness (QED) is 0.336. The molecule has 5 rings (SSSR count). The van der Waals surface area contributed by atoms with Crippen molar-refractivity contribution in [3.63, 3.8) is 0 Å². The molecule has 0 saturated carbocycles. The monoisotopic (exact) mass is 448 g/mol. The summed E-state index contributed by atoms with van der Waals surface area (Å²) in [7, 11) is 0. The van der Waals surface area contributed by atoms with Gasteiger partial charge in [-0.3, -0.25) is 4.79 Å². The zero-order valence-electron chi connectivity index (χ0n) is 17.8. The maximum Gasteiger partial charge on any atom is 0.272 e. The van der Waals surface area contributed by atoms with E-state index in [-0.39, 0.29) is 12.4 Å². The third-order valence-electron chi connectivity index (χ3n) is 6.04. The number of hydrogen-bond acceptors (Lipinski definition) is 3. The van der Waals surface area contributed by atoms with Crippen LogP contribution in [0, 0.1) is 16.8 Å².